The van der Waals surface area contributed by atoms with Crippen molar-refractivity contribution in [1.82, 2.24) is 0 Å². The molecular weight excluding hydrogens is 278 g/mol. The quantitative estimate of drug-likeness (QED) is 0.641. The monoisotopic (exact) mass is 293 g/mol. The molecule has 3 rings (SSSR count). The van der Waals surface area contributed by atoms with E-state index in [1.54, 1.807) is 6.08 Å². The van der Waals surface area contributed by atoms with Gasteiger partial charge in [0.05, 0.1) is 12.2 Å². The topological polar surface area (TPSA) is 47.9 Å². The normalized spacial score (nSPS) is 15.6. The number of carbonyl (C=O) groups excluding carboxylic acids is 1. The van der Waals surface area contributed by atoms with Crippen molar-refractivity contribution < 1.29 is 14.4 Å². The fraction of sp³-hybridized carbons (Fsp3) is 0.111. The summed E-state index contributed by atoms with van der Waals surface area (Å²) in [6.07, 6.45) is 1.77. The molecule has 4 heteroatoms. The Morgan fingerprint density at radius 3 is 2.50 bits per heavy atom. The molecule has 0 unspecified atom stereocenters. The summed E-state index contributed by atoms with van der Waals surface area (Å²) in [6, 6.07) is 17.0. The largest absolute Gasteiger partial charge is 0.494 e. The lowest BCUT2D eigenvalue weighted by molar-refractivity contribution is -0.136. The Bertz CT molecular complexity index is 731. The van der Waals surface area contributed by atoms with Crippen molar-refractivity contribution in [3.8, 4) is 5.75 Å². The second-order valence-corrected chi connectivity index (χ2v) is 4.74. The molecule has 0 amide bonds. The molecule has 2 aromatic carbocycles. The molecule has 2 aromatic rings. The van der Waals surface area contributed by atoms with Crippen molar-refractivity contribution in [3.63, 3.8) is 0 Å². The van der Waals surface area contributed by atoms with Gasteiger partial charge in [0.2, 0.25) is 0 Å². The van der Waals surface area contributed by atoms with E-state index < -0.39 is 5.97 Å². The van der Waals surface area contributed by atoms with Crippen molar-refractivity contribution in [2.24, 2.45) is 5.16 Å². The summed E-state index contributed by atoms with van der Waals surface area (Å²) in [5.41, 5.74) is 2.75. The number of benzene rings is 2. The van der Waals surface area contributed by atoms with Gasteiger partial charge < -0.3 is 9.57 Å². The van der Waals surface area contributed by atoms with Crippen LogP contribution in [-0.2, 0) is 9.63 Å². The minimum absolute atomic E-state index is 0.437. The minimum Gasteiger partial charge on any atom is -0.494 e. The number of oxime groups is 1. The van der Waals surface area contributed by atoms with Crippen LogP contribution in [0.25, 0.3) is 6.08 Å². The van der Waals surface area contributed by atoms with E-state index in [1.807, 2.05) is 61.5 Å². The molecule has 0 aromatic heterocycles. The van der Waals surface area contributed by atoms with Gasteiger partial charge in [-0.25, -0.2) is 4.79 Å². The third-order valence-corrected chi connectivity index (χ3v) is 3.24. The van der Waals surface area contributed by atoms with Gasteiger partial charge in [-0.3, -0.25) is 0 Å². The average molecular weight is 293 g/mol. The second-order valence-electron chi connectivity index (χ2n) is 4.74. The first-order valence-electron chi connectivity index (χ1n) is 7.07. The molecule has 0 bridgehead atoms. The highest BCUT2D eigenvalue weighted by Gasteiger charge is 2.26. The number of ether oxygens (including phenoxy) is 1. The maximum absolute atomic E-state index is 11.9. The maximum atomic E-state index is 11.9. The standard InChI is InChI=1S/C18H15NO3/c1-2-21-15-10-8-13(9-11-15)12-16-17(19-22-18(16)20)14-6-4-3-5-7-14/h3-12H,2H2,1H3/b16-12+. The van der Waals surface area contributed by atoms with Gasteiger partial charge in [0, 0.05) is 5.56 Å². The number of carbonyl (C=O) groups is 1. The van der Waals surface area contributed by atoms with Gasteiger partial charge in [0.1, 0.15) is 11.5 Å². The van der Waals surface area contributed by atoms with Crippen molar-refractivity contribution in [3.05, 3.63) is 71.3 Å². The van der Waals surface area contributed by atoms with E-state index in [9.17, 15) is 4.79 Å². The molecule has 0 atom stereocenters. The third-order valence-electron chi connectivity index (χ3n) is 3.24. The van der Waals surface area contributed by atoms with E-state index in [0.29, 0.717) is 17.9 Å². The smallest absolute Gasteiger partial charge is 0.368 e. The first kappa shape index (κ1) is 14.1. The van der Waals surface area contributed by atoms with Gasteiger partial charge in [-0.2, -0.15) is 0 Å². The van der Waals surface area contributed by atoms with E-state index >= 15 is 0 Å². The highest BCUT2D eigenvalue weighted by molar-refractivity contribution is 6.31. The average Bonchev–Trinajstić information content (AvgIpc) is 2.91. The van der Waals surface area contributed by atoms with Gasteiger partial charge >= 0.3 is 5.97 Å². The molecule has 0 aliphatic carbocycles. The van der Waals surface area contributed by atoms with E-state index in [4.69, 9.17) is 9.57 Å². The summed E-state index contributed by atoms with van der Waals surface area (Å²) < 4.78 is 5.41. The third kappa shape index (κ3) is 2.91. The first-order valence-corrected chi connectivity index (χ1v) is 7.07. The van der Waals surface area contributed by atoms with E-state index in [0.717, 1.165) is 16.9 Å². The Morgan fingerprint density at radius 1 is 1.09 bits per heavy atom. The Labute approximate surface area is 128 Å². The first-order chi connectivity index (χ1) is 10.8. The molecule has 0 N–H and O–H groups in total. The van der Waals surface area contributed by atoms with Gasteiger partial charge in [-0.15, -0.1) is 0 Å². The van der Waals surface area contributed by atoms with Gasteiger partial charge in [0.15, 0.2) is 0 Å². The molecule has 4 nitrogen and oxygen atoms in total. The lowest BCUT2D eigenvalue weighted by atomic mass is 10.0. The molecule has 110 valence electrons. The summed E-state index contributed by atoms with van der Waals surface area (Å²) in [6.45, 7) is 2.56. The van der Waals surface area contributed by atoms with Crippen LogP contribution in [0.15, 0.2) is 65.3 Å². The molecule has 1 heterocycles. The molecule has 0 spiro atoms. The van der Waals surface area contributed by atoms with Crippen molar-refractivity contribution in [1.29, 1.82) is 0 Å². The molecule has 0 saturated heterocycles. The fourth-order valence-corrected chi connectivity index (χ4v) is 2.21. The van der Waals surface area contributed by atoms with Crippen LogP contribution in [0.2, 0.25) is 0 Å². The van der Waals surface area contributed by atoms with Crippen LogP contribution < -0.4 is 4.74 Å². The SMILES string of the molecule is CCOc1ccc(/C=C2/C(=O)ON=C2c2ccccc2)cc1. The zero-order valence-electron chi connectivity index (χ0n) is 12.2. The van der Waals surface area contributed by atoms with Crippen molar-refractivity contribution in [2.75, 3.05) is 6.61 Å². The predicted molar refractivity (Wildman–Crippen MR) is 84.7 cm³/mol. The van der Waals surface area contributed by atoms with Crippen LogP contribution in [0.3, 0.4) is 0 Å². The molecule has 1 aliphatic rings. The lowest BCUT2D eigenvalue weighted by Gasteiger charge is -2.03. The Morgan fingerprint density at radius 2 is 1.82 bits per heavy atom. The van der Waals surface area contributed by atoms with Crippen LogP contribution in [0.5, 0.6) is 5.75 Å². The van der Waals surface area contributed by atoms with Crippen LogP contribution in [0.4, 0.5) is 0 Å². The van der Waals surface area contributed by atoms with E-state index in [-0.39, 0.29) is 0 Å². The Hall–Kier alpha value is -2.88. The van der Waals surface area contributed by atoms with E-state index in [1.165, 1.54) is 0 Å². The van der Waals surface area contributed by atoms with Crippen LogP contribution in [0.1, 0.15) is 18.1 Å². The Kier molecular flexibility index (Phi) is 4.01. The van der Waals surface area contributed by atoms with Crippen LogP contribution in [0, 0.1) is 0 Å². The summed E-state index contributed by atoms with van der Waals surface area (Å²) in [7, 11) is 0. The summed E-state index contributed by atoms with van der Waals surface area (Å²) in [5, 5.41) is 3.89. The lowest BCUT2D eigenvalue weighted by Crippen LogP contribution is -2.06. The highest BCUT2D eigenvalue weighted by Crippen LogP contribution is 2.21. The fourth-order valence-electron chi connectivity index (χ4n) is 2.21. The van der Waals surface area contributed by atoms with Gasteiger partial charge in [-0.05, 0) is 30.7 Å². The number of hydrogen-bond acceptors (Lipinski definition) is 4. The molecule has 0 saturated carbocycles. The second kappa shape index (κ2) is 6.26. The number of nitrogens with zero attached hydrogens (tertiary/aromatic N) is 1. The van der Waals surface area contributed by atoms with Crippen molar-refractivity contribution in [2.45, 2.75) is 6.92 Å². The zero-order valence-corrected chi connectivity index (χ0v) is 12.2. The highest BCUT2D eigenvalue weighted by atomic mass is 16.7. The number of rotatable bonds is 4. The summed E-state index contributed by atoms with van der Waals surface area (Å²) in [4.78, 5) is 16.7. The summed E-state index contributed by atoms with van der Waals surface area (Å²) >= 11 is 0. The molecule has 0 fully saturated rings. The van der Waals surface area contributed by atoms with Crippen LogP contribution in [-0.4, -0.2) is 18.3 Å². The van der Waals surface area contributed by atoms with Gasteiger partial charge in [0.25, 0.3) is 0 Å². The number of hydrogen-bond donors (Lipinski definition) is 0. The molecular formula is C18H15NO3. The molecule has 22 heavy (non-hydrogen) atoms. The van der Waals surface area contributed by atoms with Gasteiger partial charge in [-0.1, -0.05) is 47.6 Å². The predicted octanol–water partition coefficient (Wildman–Crippen LogP) is 3.43. The minimum atomic E-state index is -0.437. The van der Waals surface area contributed by atoms with Crippen molar-refractivity contribution >= 4 is 17.8 Å². The van der Waals surface area contributed by atoms with Crippen LogP contribution >= 0.6 is 0 Å². The Balaban J connectivity index is 1.91. The molecule has 0 radical (unpaired) electrons. The molecule has 1 aliphatic heterocycles. The zero-order chi connectivity index (χ0) is 15.4. The maximum Gasteiger partial charge on any atom is 0.368 e. The summed E-state index contributed by atoms with van der Waals surface area (Å²) in [5.74, 6) is 0.364. The van der Waals surface area contributed by atoms with E-state index in [2.05, 4.69) is 5.16 Å².